The van der Waals surface area contributed by atoms with Crippen LogP contribution in [-0.2, 0) is 4.79 Å². The Morgan fingerprint density at radius 2 is 2.36 bits per heavy atom. The first-order valence-electron chi connectivity index (χ1n) is 3.00. The van der Waals surface area contributed by atoms with Gasteiger partial charge in [0.15, 0.2) is 4.47 Å². The fraction of sp³-hybridized carbons (Fsp3) is 0.333. The quantitative estimate of drug-likeness (QED) is 0.737. The molecule has 0 aliphatic carbocycles. The van der Waals surface area contributed by atoms with E-state index in [9.17, 15) is 4.79 Å². The Hall–Kier alpha value is -0.610. The van der Waals surface area contributed by atoms with Crippen molar-refractivity contribution >= 4 is 33.8 Å². The Kier molecular flexibility index (Phi) is 2.46. The largest absolute Gasteiger partial charge is 0.316 e. The van der Waals surface area contributed by atoms with Gasteiger partial charge >= 0.3 is 0 Å². The molecule has 0 fully saturated rings. The van der Waals surface area contributed by atoms with Crippen LogP contribution in [-0.4, -0.2) is 10.9 Å². The number of carbonyl (C=O) groups is 1. The maximum absolute atomic E-state index is 10.6. The van der Waals surface area contributed by atoms with Gasteiger partial charge in [-0.15, -0.1) is 0 Å². The molecule has 0 aliphatic heterocycles. The standard InChI is InChI=1S/C6H7ClN2OS/c1-3-5(9-4(2)10)11-6(7)8-3/h1-2H3,(H,9,10). The van der Waals surface area contributed by atoms with Crippen molar-refractivity contribution in [2.75, 3.05) is 5.32 Å². The molecule has 0 bridgehead atoms. The predicted octanol–water partition coefficient (Wildman–Crippen LogP) is 2.06. The van der Waals surface area contributed by atoms with E-state index < -0.39 is 0 Å². The molecule has 1 heterocycles. The summed E-state index contributed by atoms with van der Waals surface area (Å²) in [6, 6.07) is 0. The minimum Gasteiger partial charge on any atom is -0.316 e. The molecule has 1 aromatic rings. The molecule has 11 heavy (non-hydrogen) atoms. The Labute approximate surface area is 73.4 Å². The van der Waals surface area contributed by atoms with Crippen molar-refractivity contribution in [2.24, 2.45) is 0 Å². The number of halogens is 1. The van der Waals surface area contributed by atoms with Crippen LogP contribution >= 0.6 is 22.9 Å². The highest BCUT2D eigenvalue weighted by atomic mass is 35.5. The van der Waals surface area contributed by atoms with E-state index in [1.165, 1.54) is 18.3 Å². The summed E-state index contributed by atoms with van der Waals surface area (Å²) in [6.45, 7) is 3.25. The zero-order valence-electron chi connectivity index (χ0n) is 6.14. The Bertz CT molecular complexity index is 284. The molecule has 0 radical (unpaired) electrons. The summed E-state index contributed by atoms with van der Waals surface area (Å²) in [6.07, 6.45) is 0. The monoisotopic (exact) mass is 190 g/mol. The lowest BCUT2D eigenvalue weighted by molar-refractivity contribution is -0.114. The Balaban J connectivity index is 2.85. The predicted molar refractivity (Wildman–Crippen MR) is 46.2 cm³/mol. The molecule has 1 amide bonds. The SMILES string of the molecule is CC(=O)Nc1sc(Cl)nc1C. The fourth-order valence-corrected chi connectivity index (χ4v) is 1.74. The summed E-state index contributed by atoms with van der Waals surface area (Å²) in [4.78, 5) is 14.5. The second-order valence-electron chi connectivity index (χ2n) is 2.06. The highest BCUT2D eigenvalue weighted by Gasteiger charge is 2.05. The van der Waals surface area contributed by atoms with E-state index >= 15 is 0 Å². The summed E-state index contributed by atoms with van der Waals surface area (Å²) in [7, 11) is 0. The van der Waals surface area contributed by atoms with E-state index in [2.05, 4.69) is 10.3 Å². The number of thiazole rings is 1. The van der Waals surface area contributed by atoms with Gasteiger partial charge in [0.05, 0.1) is 5.69 Å². The van der Waals surface area contributed by atoms with Gasteiger partial charge in [-0.1, -0.05) is 22.9 Å². The topological polar surface area (TPSA) is 42.0 Å². The average molecular weight is 191 g/mol. The lowest BCUT2D eigenvalue weighted by Gasteiger charge is -1.95. The summed E-state index contributed by atoms with van der Waals surface area (Å²) in [5.41, 5.74) is 0.759. The van der Waals surface area contributed by atoms with Gasteiger partial charge in [0.25, 0.3) is 0 Å². The van der Waals surface area contributed by atoms with Gasteiger partial charge in [-0.25, -0.2) is 4.98 Å². The highest BCUT2D eigenvalue weighted by molar-refractivity contribution is 7.19. The van der Waals surface area contributed by atoms with Crippen LogP contribution in [0.5, 0.6) is 0 Å². The van der Waals surface area contributed by atoms with Crippen molar-refractivity contribution in [1.29, 1.82) is 0 Å². The van der Waals surface area contributed by atoms with Crippen LogP contribution < -0.4 is 5.32 Å². The molecule has 5 heteroatoms. The number of aryl methyl sites for hydroxylation is 1. The van der Waals surface area contributed by atoms with Gasteiger partial charge in [-0.2, -0.15) is 0 Å². The second-order valence-corrected chi connectivity index (χ2v) is 3.64. The van der Waals surface area contributed by atoms with Gasteiger partial charge in [-0.05, 0) is 6.92 Å². The lowest BCUT2D eigenvalue weighted by atomic mass is 10.5. The van der Waals surface area contributed by atoms with E-state index in [1.54, 1.807) is 6.92 Å². The van der Waals surface area contributed by atoms with E-state index in [-0.39, 0.29) is 5.91 Å². The third-order valence-corrected chi connectivity index (χ3v) is 2.24. The number of nitrogens with zero attached hydrogens (tertiary/aromatic N) is 1. The summed E-state index contributed by atoms with van der Waals surface area (Å²) >= 11 is 6.87. The molecule has 60 valence electrons. The summed E-state index contributed by atoms with van der Waals surface area (Å²) < 4.78 is 0.450. The number of amides is 1. The number of nitrogens with one attached hydrogen (secondary N) is 1. The minimum atomic E-state index is -0.103. The highest BCUT2D eigenvalue weighted by Crippen LogP contribution is 2.26. The molecular formula is C6H7ClN2OS. The van der Waals surface area contributed by atoms with Crippen molar-refractivity contribution in [1.82, 2.24) is 4.98 Å². The van der Waals surface area contributed by atoms with Gasteiger partial charge in [-0.3, -0.25) is 4.79 Å². The first-order valence-corrected chi connectivity index (χ1v) is 4.19. The van der Waals surface area contributed by atoms with Gasteiger partial charge in [0.2, 0.25) is 5.91 Å². The van der Waals surface area contributed by atoms with Crippen molar-refractivity contribution < 1.29 is 4.79 Å². The van der Waals surface area contributed by atoms with E-state index in [0.717, 1.165) is 10.7 Å². The maximum Gasteiger partial charge on any atom is 0.221 e. The fourth-order valence-electron chi connectivity index (χ4n) is 0.639. The van der Waals surface area contributed by atoms with E-state index in [4.69, 9.17) is 11.6 Å². The molecule has 0 atom stereocenters. The lowest BCUT2D eigenvalue weighted by Crippen LogP contribution is -2.04. The van der Waals surface area contributed by atoms with Crippen LogP contribution in [0.25, 0.3) is 0 Å². The zero-order chi connectivity index (χ0) is 8.43. The molecule has 1 aromatic heterocycles. The molecule has 1 rings (SSSR count). The van der Waals surface area contributed by atoms with Gasteiger partial charge < -0.3 is 5.32 Å². The molecule has 0 spiro atoms. The third kappa shape index (κ3) is 2.17. The third-order valence-electron chi connectivity index (χ3n) is 1.06. The zero-order valence-corrected chi connectivity index (χ0v) is 7.71. The Morgan fingerprint density at radius 1 is 1.73 bits per heavy atom. The molecule has 0 saturated carbocycles. The number of carbonyl (C=O) groups excluding carboxylic acids is 1. The maximum atomic E-state index is 10.6. The van der Waals surface area contributed by atoms with Crippen molar-refractivity contribution in [3.8, 4) is 0 Å². The number of hydrogen-bond donors (Lipinski definition) is 1. The molecule has 0 saturated heterocycles. The smallest absolute Gasteiger partial charge is 0.221 e. The first kappa shape index (κ1) is 8.49. The van der Waals surface area contributed by atoms with Crippen molar-refractivity contribution in [3.05, 3.63) is 10.2 Å². The number of anilines is 1. The van der Waals surface area contributed by atoms with Crippen molar-refractivity contribution in [2.45, 2.75) is 13.8 Å². The van der Waals surface area contributed by atoms with Crippen LogP contribution in [0.3, 0.4) is 0 Å². The number of rotatable bonds is 1. The van der Waals surface area contributed by atoms with E-state index in [1.807, 2.05) is 0 Å². The van der Waals surface area contributed by atoms with E-state index in [0.29, 0.717) is 4.47 Å². The van der Waals surface area contributed by atoms with Crippen molar-refractivity contribution in [3.63, 3.8) is 0 Å². The minimum absolute atomic E-state index is 0.103. The van der Waals surface area contributed by atoms with Crippen LogP contribution in [0.1, 0.15) is 12.6 Å². The van der Waals surface area contributed by atoms with Crippen LogP contribution in [0, 0.1) is 6.92 Å². The molecular weight excluding hydrogens is 184 g/mol. The number of hydrogen-bond acceptors (Lipinski definition) is 3. The van der Waals surface area contributed by atoms with Crippen LogP contribution in [0.2, 0.25) is 4.47 Å². The van der Waals surface area contributed by atoms with Crippen LogP contribution in [0.15, 0.2) is 0 Å². The van der Waals surface area contributed by atoms with Gasteiger partial charge in [0.1, 0.15) is 5.00 Å². The second kappa shape index (κ2) is 3.19. The Morgan fingerprint density at radius 3 is 2.73 bits per heavy atom. The summed E-state index contributed by atoms with van der Waals surface area (Å²) in [5.74, 6) is -0.103. The average Bonchev–Trinajstić information content (AvgIpc) is 2.09. The van der Waals surface area contributed by atoms with Gasteiger partial charge in [0, 0.05) is 6.92 Å². The first-order chi connectivity index (χ1) is 5.09. The van der Waals surface area contributed by atoms with Crippen LogP contribution in [0.4, 0.5) is 5.00 Å². The molecule has 0 unspecified atom stereocenters. The molecule has 0 aliphatic rings. The normalized spacial score (nSPS) is 9.73. The molecule has 0 aromatic carbocycles. The number of aromatic nitrogens is 1. The summed E-state index contributed by atoms with van der Waals surface area (Å²) in [5, 5.41) is 3.35. The molecule has 1 N–H and O–H groups in total. The molecule has 3 nitrogen and oxygen atoms in total.